The Kier molecular flexibility index (Phi) is 4.42. The van der Waals surface area contributed by atoms with E-state index in [2.05, 4.69) is 20.4 Å². The molecular formula is C15H24N6O. The van der Waals surface area contributed by atoms with Gasteiger partial charge in [0.15, 0.2) is 0 Å². The van der Waals surface area contributed by atoms with Gasteiger partial charge < -0.3 is 10.2 Å². The van der Waals surface area contributed by atoms with Crippen LogP contribution >= 0.6 is 0 Å². The van der Waals surface area contributed by atoms with E-state index >= 15 is 0 Å². The molecule has 7 nitrogen and oxygen atoms in total. The number of aryl methyl sites for hydroxylation is 3. The van der Waals surface area contributed by atoms with Gasteiger partial charge in [0.1, 0.15) is 11.0 Å². The Hall–Kier alpha value is -1.89. The molecule has 2 aromatic rings. The van der Waals surface area contributed by atoms with E-state index in [1.807, 2.05) is 23.3 Å². The van der Waals surface area contributed by atoms with Gasteiger partial charge in [0.25, 0.3) is 0 Å². The molecule has 0 atom stereocenters. The molecule has 22 heavy (non-hydrogen) atoms. The molecule has 0 saturated carbocycles. The predicted molar refractivity (Wildman–Crippen MR) is 84.5 cm³/mol. The summed E-state index contributed by atoms with van der Waals surface area (Å²) in [5.74, 6) is 0.0874. The number of fused-ring (bicyclic) bond motifs is 1. The van der Waals surface area contributed by atoms with Gasteiger partial charge in [-0.25, -0.2) is 0 Å². The molecule has 1 aliphatic rings. The monoisotopic (exact) mass is 304 g/mol. The molecule has 0 unspecified atom stereocenters. The van der Waals surface area contributed by atoms with Crippen molar-refractivity contribution in [2.24, 2.45) is 7.05 Å². The van der Waals surface area contributed by atoms with Crippen LogP contribution in [0.15, 0.2) is 6.20 Å². The van der Waals surface area contributed by atoms with Crippen molar-refractivity contribution in [1.82, 2.24) is 29.8 Å². The quantitative estimate of drug-likeness (QED) is 0.852. The van der Waals surface area contributed by atoms with E-state index in [1.54, 1.807) is 6.20 Å². The number of hydrogen-bond donors (Lipinski definition) is 1. The Morgan fingerprint density at radius 3 is 2.86 bits per heavy atom. The van der Waals surface area contributed by atoms with Gasteiger partial charge in [-0.3, -0.25) is 14.2 Å². The number of aromatic nitrogens is 4. The summed E-state index contributed by atoms with van der Waals surface area (Å²) in [7, 11) is 1.91. The maximum atomic E-state index is 11.9. The number of nitrogens with zero attached hydrogens (tertiary/aromatic N) is 5. The van der Waals surface area contributed by atoms with Crippen LogP contribution in [0, 0.1) is 6.92 Å². The molecule has 0 aliphatic carbocycles. The van der Waals surface area contributed by atoms with E-state index in [0.717, 1.165) is 29.8 Å². The molecule has 0 spiro atoms. The van der Waals surface area contributed by atoms with Crippen LogP contribution in [0.25, 0.3) is 11.0 Å². The lowest BCUT2D eigenvalue weighted by atomic mass is 10.3. The summed E-state index contributed by atoms with van der Waals surface area (Å²) in [5.41, 5.74) is 2.98. The molecule has 120 valence electrons. The second kappa shape index (κ2) is 6.48. The first-order chi connectivity index (χ1) is 10.6. The molecule has 0 bridgehead atoms. The van der Waals surface area contributed by atoms with E-state index in [9.17, 15) is 4.79 Å². The van der Waals surface area contributed by atoms with Gasteiger partial charge in [-0.05, 0) is 32.9 Å². The van der Waals surface area contributed by atoms with Gasteiger partial charge >= 0.3 is 0 Å². The molecule has 1 amide bonds. The second-order valence-corrected chi connectivity index (χ2v) is 5.96. The Balaban J connectivity index is 1.47. The Labute approximate surface area is 130 Å². The minimum atomic E-state index is 0.0874. The van der Waals surface area contributed by atoms with Crippen molar-refractivity contribution < 1.29 is 4.79 Å². The Morgan fingerprint density at radius 1 is 1.32 bits per heavy atom. The zero-order chi connectivity index (χ0) is 15.5. The third-order valence-corrected chi connectivity index (χ3v) is 4.31. The van der Waals surface area contributed by atoms with Crippen LogP contribution in [0.4, 0.5) is 0 Å². The molecule has 2 aromatic heterocycles. The van der Waals surface area contributed by atoms with Gasteiger partial charge in [-0.15, -0.1) is 0 Å². The topological polar surface area (TPSA) is 68.0 Å². The number of amides is 1. The highest BCUT2D eigenvalue weighted by Crippen LogP contribution is 2.16. The normalized spacial score (nSPS) is 15.7. The summed E-state index contributed by atoms with van der Waals surface area (Å²) in [6.07, 6.45) is 4.83. The minimum absolute atomic E-state index is 0.0874. The molecule has 3 rings (SSSR count). The first-order valence-corrected chi connectivity index (χ1v) is 7.99. The summed E-state index contributed by atoms with van der Waals surface area (Å²) in [6.45, 7) is 6.59. The van der Waals surface area contributed by atoms with Crippen molar-refractivity contribution in [2.75, 3.05) is 26.2 Å². The predicted octanol–water partition coefficient (Wildman–Crippen LogP) is 0.680. The van der Waals surface area contributed by atoms with Crippen molar-refractivity contribution in [2.45, 2.75) is 32.7 Å². The smallest absolute Gasteiger partial charge is 0.221 e. The van der Waals surface area contributed by atoms with Crippen LogP contribution in [0.3, 0.4) is 0 Å². The first-order valence-electron chi connectivity index (χ1n) is 7.99. The number of rotatable bonds is 6. The highest BCUT2D eigenvalue weighted by Gasteiger charge is 2.13. The summed E-state index contributed by atoms with van der Waals surface area (Å²) in [4.78, 5) is 14.3. The molecular weight excluding hydrogens is 280 g/mol. The molecule has 1 fully saturated rings. The number of carbonyl (C=O) groups excluding carboxylic acids is 1. The summed E-state index contributed by atoms with van der Waals surface area (Å²) >= 11 is 0. The van der Waals surface area contributed by atoms with Gasteiger partial charge in [-0.1, -0.05) is 0 Å². The largest absolute Gasteiger partial charge is 0.355 e. The van der Waals surface area contributed by atoms with Crippen LogP contribution in [0.2, 0.25) is 0 Å². The van der Waals surface area contributed by atoms with Crippen molar-refractivity contribution in [1.29, 1.82) is 0 Å². The summed E-state index contributed by atoms with van der Waals surface area (Å²) < 4.78 is 3.70. The van der Waals surface area contributed by atoms with Crippen molar-refractivity contribution in [3.8, 4) is 0 Å². The van der Waals surface area contributed by atoms with Gasteiger partial charge in [-0.2, -0.15) is 10.2 Å². The second-order valence-electron chi connectivity index (χ2n) is 5.96. The van der Waals surface area contributed by atoms with Crippen LogP contribution < -0.4 is 5.32 Å². The van der Waals surface area contributed by atoms with E-state index < -0.39 is 0 Å². The molecule has 1 N–H and O–H groups in total. The van der Waals surface area contributed by atoms with Crippen molar-refractivity contribution >= 4 is 16.9 Å². The van der Waals surface area contributed by atoms with E-state index in [4.69, 9.17) is 0 Å². The average molecular weight is 304 g/mol. The third kappa shape index (κ3) is 3.14. The van der Waals surface area contributed by atoms with E-state index in [1.165, 1.54) is 25.9 Å². The number of nitrogens with one attached hydrogen (secondary N) is 1. The molecule has 0 radical (unpaired) electrons. The molecule has 3 heterocycles. The highest BCUT2D eigenvalue weighted by molar-refractivity contribution is 5.78. The summed E-state index contributed by atoms with van der Waals surface area (Å²) in [5, 5.41) is 11.7. The van der Waals surface area contributed by atoms with E-state index in [-0.39, 0.29) is 5.91 Å². The minimum Gasteiger partial charge on any atom is -0.355 e. The fraction of sp³-hybridized carbons (Fsp3) is 0.667. The van der Waals surface area contributed by atoms with Gasteiger partial charge in [0.05, 0.1) is 18.4 Å². The average Bonchev–Trinajstić information content (AvgIpc) is 3.18. The maximum Gasteiger partial charge on any atom is 0.221 e. The Bertz CT molecular complexity index is 652. The number of carbonyl (C=O) groups is 1. The lowest BCUT2D eigenvalue weighted by Gasteiger charge is -2.14. The Morgan fingerprint density at radius 2 is 2.09 bits per heavy atom. The fourth-order valence-electron chi connectivity index (χ4n) is 3.14. The van der Waals surface area contributed by atoms with Crippen LogP contribution in [0.1, 0.15) is 25.0 Å². The van der Waals surface area contributed by atoms with E-state index in [0.29, 0.717) is 13.0 Å². The molecule has 1 saturated heterocycles. The third-order valence-electron chi connectivity index (χ3n) is 4.31. The highest BCUT2D eigenvalue weighted by atomic mass is 16.1. The fourth-order valence-corrected chi connectivity index (χ4v) is 3.14. The SMILES string of the molecule is Cc1nn(C)c2cnn(CCC(=O)NCCN3CCCC3)c12. The zero-order valence-corrected chi connectivity index (χ0v) is 13.4. The summed E-state index contributed by atoms with van der Waals surface area (Å²) in [6, 6.07) is 0. The molecule has 0 aromatic carbocycles. The van der Waals surface area contributed by atoms with Crippen molar-refractivity contribution in [3.05, 3.63) is 11.9 Å². The van der Waals surface area contributed by atoms with Gasteiger partial charge in [0.2, 0.25) is 5.91 Å². The lowest BCUT2D eigenvalue weighted by Crippen LogP contribution is -2.33. The lowest BCUT2D eigenvalue weighted by molar-refractivity contribution is -0.121. The first kappa shape index (κ1) is 15.0. The molecule has 7 heteroatoms. The number of likely N-dealkylation sites (tertiary alicyclic amines) is 1. The van der Waals surface area contributed by atoms with Gasteiger partial charge in [0, 0.05) is 26.6 Å². The maximum absolute atomic E-state index is 11.9. The van der Waals surface area contributed by atoms with Crippen LogP contribution in [-0.4, -0.2) is 56.5 Å². The van der Waals surface area contributed by atoms with Crippen molar-refractivity contribution in [3.63, 3.8) is 0 Å². The standard InChI is InChI=1S/C15H24N6O/c1-12-15-13(19(2)18-12)11-17-21(15)9-5-14(22)16-6-10-20-7-3-4-8-20/h11H,3-10H2,1-2H3,(H,16,22). The zero-order valence-electron chi connectivity index (χ0n) is 13.4. The van der Waals surface area contributed by atoms with Crippen LogP contribution in [0.5, 0.6) is 0 Å². The van der Waals surface area contributed by atoms with Crippen LogP contribution in [-0.2, 0) is 18.4 Å². The number of hydrogen-bond acceptors (Lipinski definition) is 4. The molecule has 1 aliphatic heterocycles.